The van der Waals surface area contributed by atoms with Gasteiger partial charge in [0, 0.05) is 21.9 Å². The highest BCUT2D eigenvalue weighted by molar-refractivity contribution is 8.15. The van der Waals surface area contributed by atoms with Crippen molar-refractivity contribution in [3.05, 3.63) is 73.1 Å². The molecule has 0 saturated carbocycles. The molecule has 3 heterocycles. The van der Waals surface area contributed by atoms with Crippen LogP contribution in [0.2, 0.25) is 0 Å². The molecule has 2 amide bonds. The predicted molar refractivity (Wildman–Crippen MR) is 134 cm³/mol. The number of aliphatic imine (C=N–C) groups is 1. The number of nitrogens with one attached hydrogen (secondary N) is 4. The average Bonchev–Trinajstić information content (AvgIpc) is 3.42. The molecule has 1 saturated heterocycles. The maximum absolute atomic E-state index is 12.5. The number of benzene rings is 1. The molecular formula is C21H19N5O5S3. The Labute approximate surface area is 205 Å². The molecule has 0 spiro atoms. The maximum atomic E-state index is 12.5. The van der Waals surface area contributed by atoms with Crippen molar-refractivity contribution in [2.75, 3.05) is 11.6 Å². The van der Waals surface area contributed by atoms with E-state index in [1.165, 1.54) is 11.3 Å². The van der Waals surface area contributed by atoms with E-state index in [1.54, 1.807) is 35.3 Å². The number of aromatic hydroxyl groups is 1. The van der Waals surface area contributed by atoms with Crippen LogP contribution < -0.4 is 21.9 Å². The zero-order chi connectivity index (χ0) is 24.2. The predicted octanol–water partition coefficient (Wildman–Crippen LogP) is 2.26. The first-order chi connectivity index (χ1) is 16.3. The summed E-state index contributed by atoms with van der Waals surface area (Å²) in [6.07, 6.45) is 1.86. The molecule has 5 N–H and O–H groups in total. The molecule has 2 atom stereocenters. The number of nitrogens with zero attached hydrogens (tertiary/aromatic N) is 1. The fraction of sp³-hybridized carbons (Fsp3) is 0.190. The first kappa shape index (κ1) is 23.9. The number of thiophene rings is 1. The lowest BCUT2D eigenvalue weighted by atomic mass is 10.1. The SMILES string of the molecule is CSc1cccc(NC(=O)C[C@@H]2SC(=N[C@H](c3cccs3)c3c(O)[nH]c(=O)[nH]c3=O)NC2=O)c1. The summed E-state index contributed by atoms with van der Waals surface area (Å²) >= 11 is 3.91. The van der Waals surface area contributed by atoms with Gasteiger partial charge >= 0.3 is 5.69 Å². The number of amides is 2. The second-order valence-electron chi connectivity index (χ2n) is 7.10. The van der Waals surface area contributed by atoms with Crippen molar-refractivity contribution >= 4 is 57.5 Å². The van der Waals surface area contributed by atoms with Gasteiger partial charge in [-0.2, -0.15) is 0 Å². The molecule has 0 radical (unpaired) electrons. The van der Waals surface area contributed by atoms with Crippen LogP contribution in [0.25, 0.3) is 0 Å². The van der Waals surface area contributed by atoms with Gasteiger partial charge in [0.05, 0.1) is 0 Å². The third-order valence-corrected chi connectivity index (χ3v) is 7.54. The van der Waals surface area contributed by atoms with Gasteiger partial charge in [0.15, 0.2) is 5.17 Å². The van der Waals surface area contributed by atoms with Gasteiger partial charge in [0.25, 0.3) is 5.56 Å². The fourth-order valence-electron chi connectivity index (χ4n) is 3.25. The Morgan fingerprint density at radius 3 is 2.76 bits per heavy atom. The number of carbonyl (C=O) groups excluding carboxylic acids is 2. The Morgan fingerprint density at radius 1 is 1.24 bits per heavy atom. The summed E-state index contributed by atoms with van der Waals surface area (Å²) in [5, 5.41) is 16.9. The number of amidine groups is 1. The quantitative estimate of drug-likeness (QED) is 0.301. The van der Waals surface area contributed by atoms with Crippen LogP contribution in [-0.4, -0.2) is 43.6 Å². The van der Waals surface area contributed by atoms with E-state index < -0.39 is 28.4 Å². The van der Waals surface area contributed by atoms with Crippen molar-refractivity contribution in [2.45, 2.75) is 22.6 Å². The van der Waals surface area contributed by atoms with Crippen LogP contribution >= 0.6 is 34.9 Å². The first-order valence-corrected chi connectivity index (χ1v) is 12.9. The van der Waals surface area contributed by atoms with E-state index in [9.17, 15) is 24.3 Å². The zero-order valence-electron chi connectivity index (χ0n) is 17.7. The van der Waals surface area contributed by atoms with Crippen LogP contribution in [0, 0.1) is 0 Å². The van der Waals surface area contributed by atoms with E-state index in [0.717, 1.165) is 16.7 Å². The zero-order valence-corrected chi connectivity index (χ0v) is 20.1. The van der Waals surface area contributed by atoms with Crippen molar-refractivity contribution in [1.82, 2.24) is 15.3 Å². The average molecular weight is 518 g/mol. The van der Waals surface area contributed by atoms with Gasteiger partial charge < -0.3 is 15.7 Å². The fourth-order valence-corrected chi connectivity index (χ4v) is 5.48. The van der Waals surface area contributed by atoms with Gasteiger partial charge in [-0.25, -0.2) is 9.79 Å². The number of rotatable bonds is 7. The highest BCUT2D eigenvalue weighted by Crippen LogP contribution is 2.33. The Bertz CT molecular complexity index is 1370. The Balaban J connectivity index is 1.53. The van der Waals surface area contributed by atoms with Gasteiger partial charge in [0.1, 0.15) is 16.9 Å². The molecule has 10 nitrogen and oxygen atoms in total. The molecule has 1 aliphatic heterocycles. The molecule has 3 aromatic rings. The molecule has 2 aromatic heterocycles. The monoisotopic (exact) mass is 517 g/mol. The second-order valence-corrected chi connectivity index (χ2v) is 10.2. The van der Waals surface area contributed by atoms with Gasteiger partial charge in [-0.15, -0.1) is 23.1 Å². The summed E-state index contributed by atoms with van der Waals surface area (Å²) in [5.41, 5.74) is -1.15. The number of H-pyrrole nitrogens is 2. The van der Waals surface area contributed by atoms with Crippen LogP contribution in [0.3, 0.4) is 0 Å². The highest BCUT2D eigenvalue weighted by atomic mass is 32.2. The van der Waals surface area contributed by atoms with E-state index in [4.69, 9.17) is 0 Å². The standard InChI is InChI=1S/C21H19N5O5S3/c1-32-11-5-2-4-10(8-11)22-14(27)9-13-17(28)26-21(34-13)23-16(12-6-3-7-33-12)15-18(29)24-20(31)25-19(15)30/h2-8,13,16H,9H2,1H3,(H,22,27)(H,23,26,28)(H3,24,25,29,30,31)/t13-,16+/m0/s1. The number of thioether (sulfide) groups is 2. The minimum atomic E-state index is -0.967. The van der Waals surface area contributed by atoms with Crippen molar-refractivity contribution in [3.63, 3.8) is 0 Å². The third-order valence-electron chi connectivity index (χ3n) is 4.79. The summed E-state index contributed by atoms with van der Waals surface area (Å²) in [5.74, 6) is -1.31. The lowest BCUT2D eigenvalue weighted by Gasteiger charge is -2.12. The summed E-state index contributed by atoms with van der Waals surface area (Å²) in [7, 11) is 0. The lowest BCUT2D eigenvalue weighted by Crippen LogP contribution is -2.29. The lowest BCUT2D eigenvalue weighted by molar-refractivity contribution is -0.122. The van der Waals surface area contributed by atoms with Gasteiger partial charge in [0.2, 0.25) is 17.7 Å². The molecule has 0 aliphatic carbocycles. The summed E-state index contributed by atoms with van der Waals surface area (Å²) < 4.78 is 0. The largest absolute Gasteiger partial charge is 0.494 e. The van der Waals surface area contributed by atoms with Crippen molar-refractivity contribution < 1.29 is 14.7 Å². The molecule has 1 aromatic carbocycles. The van der Waals surface area contributed by atoms with Crippen LogP contribution in [0.15, 0.2) is 61.3 Å². The van der Waals surface area contributed by atoms with Crippen molar-refractivity contribution in [2.24, 2.45) is 4.99 Å². The summed E-state index contributed by atoms with van der Waals surface area (Å²) in [6.45, 7) is 0. The molecule has 0 unspecified atom stereocenters. The number of anilines is 1. The van der Waals surface area contributed by atoms with Crippen LogP contribution in [-0.2, 0) is 9.59 Å². The smallest absolute Gasteiger partial charge is 0.328 e. The van der Waals surface area contributed by atoms with Crippen molar-refractivity contribution in [1.29, 1.82) is 0 Å². The molecule has 34 heavy (non-hydrogen) atoms. The number of aromatic nitrogens is 2. The van der Waals surface area contributed by atoms with E-state index in [-0.39, 0.29) is 29.0 Å². The molecule has 176 valence electrons. The summed E-state index contributed by atoms with van der Waals surface area (Å²) in [4.78, 5) is 59.2. The number of aromatic amines is 2. The number of hydrogen-bond donors (Lipinski definition) is 5. The number of carbonyl (C=O) groups is 2. The van der Waals surface area contributed by atoms with Gasteiger partial charge in [-0.05, 0) is 35.9 Å². The molecule has 0 bridgehead atoms. The van der Waals surface area contributed by atoms with Crippen molar-refractivity contribution in [3.8, 4) is 5.88 Å². The first-order valence-electron chi connectivity index (χ1n) is 9.92. The van der Waals surface area contributed by atoms with Crippen LogP contribution in [0.4, 0.5) is 5.69 Å². The minimum absolute atomic E-state index is 0.0762. The maximum Gasteiger partial charge on any atom is 0.328 e. The van der Waals surface area contributed by atoms with Crippen LogP contribution in [0.1, 0.15) is 22.9 Å². The van der Waals surface area contributed by atoms with E-state index in [2.05, 4.69) is 25.6 Å². The topological polar surface area (TPSA) is 157 Å². The third kappa shape index (κ3) is 5.43. The summed E-state index contributed by atoms with van der Waals surface area (Å²) in [6, 6.07) is 9.89. The van der Waals surface area contributed by atoms with E-state index in [1.807, 2.05) is 24.5 Å². The molecule has 13 heteroatoms. The Kier molecular flexibility index (Phi) is 7.24. The molecular weight excluding hydrogens is 498 g/mol. The molecule has 1 aliphatic rings. The highest BCUT2D eigenvalue weighted by Gasteiger charge is 2.34. The minimum Gasteiger partial charge on any atom is -0.494 e. The number of hydrogen-bond acceptors (Lipinski definition) is 9. The van der Waals surface area contributed by atoms with E-state index in [0.29, 0.717) is 10.6 Å². The van der Waals surface area contributed by atoms with Gasteiger partial charge in [-0.3, -0.25) is 24.4 Å². The van der Waals surface area contributed by atoms with E-state index >= 15 is 0 Å². The van der Waals surface area contributed by atoms with Crippen LogP contribution in [0.5, 0.6) is 5.88 Å². The molecule has 1 fully saturated rings. The normalized spacial score (nSPS) is 17.5. The Hall–Kier alpha value is -3.29. The van der Waals surface area contributed by atoms with Gasteiger partial charge in [-0.1, -0.05) is 23.9 Å². The molecule has 4 rings (SSSR count). The second kappa shape index (κ2) is 10.3. The Morgan fingerprint density at radius 2 is 2.06 bits per heavy atom.